The highest BCUT2D eigenvalue weighted by molar-refractivity contribution is 5.51. The SMILES string of the molecule is CNCCC1(O)c2cc(C#N)ccc2COc2ccccc21. The molecule has 0 aromatic heterocycles. The van der Waals surface area contributed by atoms with E-state index in [1.807, 2.05) is 37.4 Å². The van der Waals surface area contributed by atoms with Crippen molar-refractivity contribution in [1.29, 1.82) is 5.26 Å². The molecule has 1 atom stereocenters. The highest BCUT2D eigenvalue weighted by atomic mass is 16.5. The second-order valence-corrected chi connectivity index (χ2v) is 5.48. The van der Waals surface area contributed by atoms with Crippen LogP contribution in [0.4, 0.5) is 0 Å². The van der Waals surface area contributed by atoms with Crippen LogP contribution in [0.15, 0.2) is 42.5 Å². The van der Waals surface area contributed by atoms with E-state index in [2.05, 4.69) is 11.4 Å². The molecule has 2 aromatic rings. The van der Waals surface area contributed by atoms with Crippen molar-refractivity contribution in [3.05, 3.63) is 64.7 Å². The zero-order chi connectivity index (χ0) is 15.6. The van der Waals surface area contributed by atoms with Gasteiger partial charge >= 0.3 is 0 Å². The molecule has 0 radical (unpaired) electrons. The molecule has 0 aliphatic carbocycles. The Hall–Kier alpha value is -2.35. The van der Waals surface area contributed by atoms with E-state index in [9.17, 15) is 10.4 Å². The molecule has 1 unspecified atom stereocenters. The quantitative estimate of drug-likeness (QED) is 0.911. The number of ether oxygens (including phenoxy) is 1. The molecule has 4 nitrogen and oxygen atoms in total. The van der Waals surface area contributed by atoms with Crippen molar-refractivity contribution >= 4 is 0 Å². The van der Waals surface area contributed by atoms with Crippen molar-refractivity contribution in [1.82, 2.24) is 5.32 Å². The van der Waals surface area contributed by atoms with Crippen LogP contribution < -0.4 is 10.1 Å². The summed E-state index contributed by atoms with van der Waals surface area (Å²) in [6.45, 7) is 1.04. The first-order valence-corrected chi connectivity index (χ1v) is 7.32. The van der Waals surface area contributed by atoms with Crippen molar-refractivity contribution in [3.8, 4) is 11.8 Å². The largest absolute Gasteiger partial charge is 0.488 e. The summed E-state index contributed by atoms with van der Waals surface area (Å²) in [6, 6.07) is 15.1. The maximum absolute atomic E-state index is 11.5. The molecule has 0 saturated carbocycles. The Labute approximate surface area is 130 Å². The highest BCUT2D eigenvalue weighted by Gasteiger charge is 2.37. The summed E-state index contributed by atoms with van der Waals surface area (Å²) in [7, 11) is 1.86. The van der Waals surface area contributed by atoms with E-state index in [4.69, 9.17) is 4.74 Å². The molecule has 2 N–H and O–H groups in total. The van der Waals surface area contributed by atoms with Crippen LogP contribution >= 0.6 is 0 Å². The van der Waals surface area contributed by atoms with Crippen LogP contribution in [0.3, 0.4) is 0 Å². The van der Waals surface area contributed by atoms with Crippen molar-refractivity contribution in [2.75, 3.05) is 13.6 Å². The number of hydrogen-bond acceptors (Lipinski definition) is 4. The zero-order valence-electron chi connectivity index (χ0n) is 12.5. The summed E-state index contributed by atoms with van der Waals surface area (Å²) in [4.78, 5) is 0. The number of nitrogens with zero attached hydrogens (tertiary/aromatic N) is 1. The van der Waals surface area contributed by atoms with E-state index in [1.165, 1.54) is 0 Å². The highest BCUT2D eigenvalue weighted by Crippen LogP contribution is 2.42. The number of rotatable bonds is 3. The Morgan fingerprint density at radius 1 is 1.27 bits per heavy atom. The Kier molecular flexibility index (Phi) is 3.84. The van der Waals surface area contributed by atoms with Gasteiger partial charge in [-0.3, -0.25) is 0 Å². The van der Waals surface area contributed by atoms with Gasteiger partial charge in [-0.15, -0.1) is 0 Å². The molecule has 112 valence electrons. The molecule has 0 spiro atoms. The topological polar surface area (TPSA) is 65.3 Å². The Morgan fingerprint density at radius 2 is 2.09 bits per heavy atom. The maximum Gasteiger partial charge on any atom is 0.126 e. The zero-order valence-corrected chi connectivity index (χ0v) is 12.5. The van der Waals surface area contributed by atoms with Gasteiger partial charge in [0.2, 0.25) is 0 Å². The van der Waals surface area contributed by atoms with Crippen molar-refractivity contribution in [2.45, 2.75) is 18.6 Å². The van der Waals surface area contributed by atoms with Crippen LogP contribution in [0.25, 0.3) is 0 Å². The molecular formula is C18H18N2O2. The summed E-state index contributed by atoms with van der Waals surface area (Å²) >= 11 is 0. The predicted molar refractivity (Wildman–Crippen MR) is 83.5 cm³/mol. The molecule has 2 aromatic carbocycles. The number of nitriles is 1. The molecule has 0 fully saturated rings. The van der Waals surface area contributed by atoms with E-state index in [1.54, 1.807) is 12.1 Å². The summed E-state index contributed by atoms with van der Waals surface area (Å²) < 4.78 is 5.86. The monoisotopic (exact) mass is 294 g/mol. The Bertz CT molecular complexity index is 736. The van der Waals surface area contributed by atoms with Gasteiger partial charge in [-0.1, -0.05) is 24.3 Å². The number of para-hydroxylation sites is 1. The third-order valence-electron chi connectivity index (χ3n) is 4.14. The summed E-state index contributed by atoms with van der Waals surface area (Å²) in [6.07, 6.45) is 0.506. The average molecular weight is 294 g/mol. The van der Waals surface area contributed by atoms with E-state index in [-0.39, 0.29) is 0 Å². The van der Waals surface area contributed by atoms with E-state index < -0.39 is 5.60 Å². The molecule has 1 aliphatic heterocycles. The van der Waals surface area contributed by atoms with Crippen molar-refractivity contribution in [2.24, 2.45) is 0 Å². The van der Waals surface area contributed by atoms with Gasteiger partial charge < -0.3 is 15.2 Å². The molecular weight excluding hydrogens is 276 g/mol. The van der Waals surface area contributed by atoms with Crippen LogP contribution in [0.1, 0.15) is 28.7 Å². The van der Waals surface area contributed by atoms with Gasteiger partial charge in [0.15, 0.2) is 0 Å². The number of benzene rings is 2. The second-order valence-electron chi connectivity index (χ2n) is 5.48. The van der Waals surface area contributed by atoms with E-state index >= 15 is 0 Å². The van der Waals surface area contributed by atoms with Crippen LogP contribution in [-0.4, -0.2) is 18.7 Å². The lowest BCUT2D eigenvalue weighted by Gasteiger charge is -2.30. The minimum absolute atomic E-state index is 0.389. The lowest BCUT2D eigenvalue weighted by molar-refractivity contribution is 0.0710. The Balaban J connectivity index is 2.22. The standard InChI is InChI=1S/C18H18N2O2/c1-20-9-8-18(21)15-4-2-3-5-17(15)22-12-14-7-6-13(11-19)10-16(14)18/h2-7,10,20-21H,8-9,12H2,1H3. The van der Waals surface area contributed by atoms with Gasteiger partial charge in [0.25, 0.3) is 0 Å². The summed E-state index contributed by atoms with van der Waals surface area (Å²) in [5.41, 5.74) is 1.79. The van der Waals surface area contributed by atoms with Gasteiger partial charge in [-0.05, 0) is 49.3 Å². The van der Waals surface area contributed by atoms with Gasteiger partial charge in [0.05, 0.1) is 11.6 Å². The van der Waals surface area contributed by atoms with Gasteiger partial charge in [-0.25, -0.2) is 0 Å². The van der Waals surface area contributed by atoms with Crippen molar-refractivity contribution < 1.29 is 9.84 Å². The third-order valence-corrected chi connectivity index (χ3v) is 4.14. The third kappa shape index (κ3) is 2.35. The molecule has 3 rings (SSSR count). The van der Waals surface area contributed by atoms with E-state index in [0.717, 1.165) is 16.7 Å². The molecule has 0 saturated heterocycles. The fourth-order valence-corrected chi connectivity index (χ4v) is 2.97. The first kappa shape index (κ1) is 14.6. The predicted octanol–water partition coefficient (Wildman–Crippen LogP) is 2.30. The molecule has 0 amide bonds. The van der Waals surface area contributed by atoms with Crippen LogP contribution in [-0.2, 0) is 12.2 Å². The number of fused-ring (bicyclic) bond motifs is 2. The van der Waals surface area contributed by atoms with Crippen LogP contribution in [0.5, 0.6) is 5.75 Å². The van der Waals surface area contributed by atoms with Gasteiger partial charge in [-0.2, -0.15) is 5.26 Å². The second kappa shape index (κ2) is 5.80. The minimum Gasteiger partial charge on any atom is -0.488 e. The molecule has 1 aliphatic rings. The van der Waals surface area contributed by atoms with Crippen LogP contribution in [0.2, 0.25) is 0 Å². The van der Waals surface area contributed by atoms with Crippen LogP contribution in [0, 0.1) is 11.3 Å². The van der Waals surface area contributed by atoms with Gasteiger partial charge in [0.1, 0.15) is 18.0 Å². The average Bonchev–Trinajstić information content (AvgIpc) is 2.69. The Morgan fingerprint density at radius 3 is 2.86 bits per heavy atom. The normalized spacial score (nSPS) is 19.3. The molecule has 0 bridgehead atoms. The van der Waals surface area contributed by atoms with Crippen molar-refractivity contribution in [3.63, 3.8) is 0 Å². The molecule has 22 heavy (non-hydrogen) atoms. The first-order chi connectivity index (χ1) is 10.7. The lowest BCUT2D eigenvalue weighted by atomic mass is 9.80. The molecule has 1 heterocycles. The maximum atomic E-state index is 11.5. The number of aliphatic hydroxyl groups is 1. The fraction of sp³-hybridized carbons (Fsp3) is 0.278. The number of hydrogen-bond donors (Lipinski definition) is 2. The first-order valence-electron chi connectivity index (χ1n) is 7.32. The summed E-state index contributed by atoms with van der Waals surface area (Å²) in [5, 5.41) is 23.7. The smallest absolute Gasteiger partial charge is 0.126 e. The fourth-order valence-electron chi connectivity index (χ4n) is 2.97. The number of nitrogens with one attached hydrogen (secondary N) is 1. The molecule has 4 heteroatoms. The van der Waals surface area contributed by atoms with Gasteiger partial charge in [0, 0.05) is 5.56 Å². The minimum atomic E-state index is -1.17. The summed E-state index contributed by atoms with van der Waals surface area (Å²) in [5.74, 6) is 0.691. The lowest BCUT2D eigenvalue weighted by Crippen LogP contribution is -2.31. The van der Waals surface area contributed by atoms with E-state index in [0.29, 0.717) is 30.9 Å².